The van der Waals surface area contributed by atoms with E-state index in [4.69, 9.17) is 0 Å². The van der Waals surface area contributed by atoms with Gasteiger partial charge in [-0.05, 0) is 12.8 Å². The summed E-state index contributed by atoms with van der Waals surface area (Å²) in [4.78, 5) is 2.24. The minimum atomic E-state index is 0.154. The van der Waals surface area contributed by atoms with Gasteiger partial charge in [-0.1, -0.05) is 37.1 Å². The third-order valence-corrected chi connectivity index (χ3v) is 3.93. The SMILES string of the molecule is OCCN(c1nncc2ccccc12)C1CCCC1. The molecule has 19 heavy (non-hydrogen) atoms. The summed E-state index contributed by atoms with van der Waals surface area (Å²) in [6.45, 7) is 0.786. The van der Waals surface area contributed by atoms with Gasteiger partial charge in [-0.15, -0.1) is 5.10 Å². The highest BCUT2D eigenvalue weighted by atomic mass is 16.3. The molecule has 0 unspecified atom stereocenters. The Labute approximate surface area is 113 Å². The smallest absolute Gasteiger partial charge is 0.159 e. The molecule has 1 N–H and O–H groups in total. The van der Waals surface area contributed by atoms with Crippen molar-refractivity contribution in [1.82, 2.24) is 10.2 Å². The van der Waals surface area contributed by atoms with Gasteiger partial charge in [0.25, 0.3) is 0 Å². The summed E-state index contributed by atoms with van der Waals surface area (Å²) in [5.74, 6) is 0.916. The van der Waals surface area contributed by atoms with E-state index in [0.29, 0.717) is 12.6 Å². The number of anilines is 1. The Kier molecular flexibility index (Phi) is 3.60. The van der Waals surface area contributed by atoms with E-state index in [9.17, 15) is 5.11 Å². The van der Waals surface area contributed by atoms with Gasteiger partial charge in [0.1, 0.15) is 0 Å². The zero-order chi connectivity index (χ0) is 13.1. The average molecular weight is 257 g/mol. The monoisotopic (exact) mass is 257 g/mol. The van der Waals surface area contributed by atoms with Crippen LogP contribution in [0.4, 0.5) is 5.82 Å². The molecule has 4 nitrogen and oxygen atoms in total. The van der Waals surface area contributed by atoms with Gasteiger partial charge in [-0.2, -0.15) is 5.10 Å². The van der Waals surface area contributed by atoms with Crippen molar-refractivity contribution in [3.63, 3.8) is 0 Å². The lowest BCUT2D eigenvalue weighted by molar-refractivity contribution is 0.297. The Bertz CT molecular complexity index is 547. The number of aliphatic hydroxyl groups is 1. The van der Waals surface area contributed by atoms with Crippen LogP contribution in [0.2, 0.25) is 0 Å². The molecule has 0 bridgehead atoms. The Morgan fingerprint density at radius 1 is 1.21 bits per heavy atom. The molecule has 1 aliphatic carbocycles. The summed E-state index contributed by atoms with van der Waals surface area (Å²) in [5, 5.41) is 20.0. The fourth-order valence-electron chi connectivity index (χ4n) is 3.01. The first-order valence-electron chi connectivity index (χ1n) is 6.98. The molecule has 0 saturated heterocycles. The first-order valence-corrected chi connectivity index (χ1v) is 6.98. The predicted octanol–water partition coefficient (Wildman–Crippen LogP) is 2.37. The molecule has 0 radical (unpaired) electrons. The van der Waals surface area contributed by atoms with Crippen LogP contribution in [0, 0.1) is 0 Å². The Morgan fingerprint density at radius 3 is 2.79 bits per heavy atom. The van der Waals surface area contributed by atoms with E-state index in [2.05, 4.69) is 27.2 Å². The van der Waals surface area contributed by atoms with Gasteiger partial charge in [0.15, 0.2) is 5.82 Å². The van der Waals surface area contributed by atoms with E-state index in [1.807, 2.05) is 12.1 Å². The second kappa shape index (κ2) is 5.53. The summed E-state index contributed by atoms with van der Waals surface area (Å²) < 4.78 is 0. The lowest BCUT2D eigenvalue weighted by Gasteiger charge is -2.29. The van der Waals surface area contributed by atoms with Crippen molar-refractivity contribution in [2.45, 2.75) is 31.7 Å². The van der Waals surface area contributed by atoms with Crippen molar-refractivity contribution in [3.8, 4) is 0 Å². The molecule has 1 heterocycles. The van der Waals surface area contributed by atoms with E-state index < -0.39 is 0 Å². The van der Waals surface area contributed by atoms with Crippen molar-refractivity contribution in [2.75, 3.05) is 18.1 Å². The molecule has 100 valence electrons. The topological polar surface area (TPSA) is 49.2 Å². The normalized spacial score (nSPS) is 16.1. The van der Waals surface area contributed by atoms with Crippen LogP contribution in [0.1, 0.15) is 25.7 Å². The van der Waals surface area contributed by atoms with Gasteiger partial charge in [0, 0.05) is 23.4 Å². The first kappa shape index (κ1) is 12.4. The number of aliphatic hydroxyl groups excluding tert-OH is 1. The first-order chi connectivity index (χ1) is 9.40. The maximum absolute atomic E-state index is 9.34. The minimum Gasteiger partial charge on any atom is -0.395 e. The van der Waals surface area contributed by atoms with E-state index in [-0.39, 0.29) is 6.61 Å². The molecule has 1 saturated carbocycles. The van der Waals surface area contributed by atoms with E-state index in [1.165, 1.54) is 25.7 Å². The van der Waals surface area contributed by atoms with Crippen LogP contribution in [0.15, 0.2) is 30.5 Å². The van der Waals surface area contributed by atoms with Gasteiger partial charge in [-0.25, -0.2) is 0 Å². The highest BCUT2D eigenvalue weighted by Crippen LogP contribution is 2.30. The molecular formula is C15H19N3O. The molecule has 4 heteroatoms. The molecule has 0 atom stereocenters. The molecular weight excluding hydrogens is 238 g/mol. The van der Waals surface area contributed by atoms with Crippen LogP contribution in [0.25, 0.3) is 10.8 Å². The summed E-state index contributed by atoms with van der Waals surface area (Å²) in [6, 6.07) is 8.67. The van der Waals surface area contributed by atoms with Crippen LogP contribution in [-0.2, 0) is 0 Å². The van der Waals surface area contributed by atoms with E-state index in [0.717, 1.165) is 16.6 Å². The molecule has 2 aromatic rings. The lowest BCUT2D eigenvalue weighted by atomic mass is 10.1. The molecule has 0 aliphatic heterocycles. The van der Waals surface area contributed by atoms with Crippen LogP contribution >= 0.6 is 0 Å². The Morgan fingerprint density at radius 2 is 2.00 bits per heavy atom. The minimum absolute atomic E-state index is 0.154. The summed E-state index contributed by atoms with van der Waals surface area (Å²) in [7, 11) is 0. The second-order valence-corrected chi connectivity index (χ2v) is 5.11. The molecule has 1 fully saturated rings. The molecule has 1 aromatic heterocycles. The number of benzene rings is 1. The standard InChI is InChI=1S/C15H19N3O/c19-10-9-18(13-6-2-3-7-13)15-14-8-4-1-5-12(14)11-16-17-15/h1,4-5,8,11,13,19H,2-3,6-7,9-10H2. The number of rotatable bonds is 4. The molecule has 1 aromatic carbocycles. The van der Waals surface area contributed by atoms with Crippen molar-refractivity contribution >= 4 is 16.6 Å². The molecule has 0 spiro atoms. The van der Waals surface area contributed by atoms with Crippen molar-refractivity contribution in [3.05, 3.63) is 30.5 Å². The van der Waals surface area contributed by atoms with Crippen LogP contribution in [-0.4, -0.2) is 34.5 Å². The van der Waals surface area contributed by atoms with Crippen LogP contribution in [0.5, 0.6) is 0 Å². The van der Waals surface area contributed by atoms with Gasteiger partial charge >= 0.3 is 0 Å². The van der Waals surface area contributed by atoms with E-state index >= 15 is 0 Å². The van der Waals surface area contributed by atoms with Crippen LogP contribution < -0.4 is 4.90 Å². The van der Waals surface area contributed by atoms with Gasteiger partial charge in [0.05, 0.1) is 12.8 Å². The Hall–Kier alpha value is -1.68. The van der Waals surface area contributed by atoms with Gasteiger partial charge < -0.3 is 10.0 Å². The summed E-state index contributed by atoms with van der Waals surface area (Å²) >= 11 is 0. The fraction of sp³-hybridized carbons (Fsp3) is 0.467. The highest BCUT2D eigenvalue weighted by molar-refractivity contribution is 5.91. The predicted molar refractivity (Wildman–Crippen MR) is 76.2 cm³/mol. The number of hydrogen-bond donors (Lipinski definition) is 1. The van der Waals surface area contributed by atoms with Crippen molar-refractivity contribution in [2.24, 2.45) is 0 Å². The largest absolute Gasteiger partial charge is 0.395 e. The number of nitrogens with zero attached hydrogens (tertiary/aromatic N) is 3. The molecule has 3 rings (SSSR count). The van der Waals surface area contributed by atoms with Crippen LogP contribution in [0.3, 0.4) is 0 Å². The zero-order valence-electron chi connectivity index (χ0n) is 11.0. The number of fused-ring (bicyclic) bond motifs is 1. The Balaban J connectivity index is 2.03. The highest BCUT2D eigenvalue weighted by Gasteiger charge is 2.24. The molecule has 1 aliphatic rings. The lowest BCUT2D eigenvalue weighted by Crippen LogP contribution is -2.36. The van der Waals surface area contributed by atoms with Crippen molar-refractivity contribution < 1.29 is 5.11 Å². The third-order valence-electron chi connectivity index (χ3n) is 3.93. The second-order valence-electron chi connectivity index (χ2n) is 5.11. The van der Waals surface area contributed by atoms with Gasteiger partial charge in [0.2, 0.25) is 0 Å². The summed E-state index contributed by atoms with van der Waals surface area (Å²) in [5.41, 5.74) is 0. The number of aromatic nitrogens is 2. The summed E-state index contributed by atoms with van der Waals surface area (Å²) in [6.07, 6.45) is 6.70. The maximum Gasteiger partial charge on any atom is 0.159 e. The third kappa shape index (κ3) is 2.40. The fourth-order valence-corrected chi connectivity index (χ4v) is 3.01. The van der Waals surface area contributed by atoms with Gasteiger partial charge in [-0.3, -0.25) is 0 Å². The molecule has 0 amide bonds. The van der Waals surface area contributed by atoms with Crippen molar-refractivity contribution in [1.29, 1.82) is 0 Å². The number of hydrogen-bond acceptors (Lipinski definition) is 4. The zero-order valence-corrected chi connectivity index (χ0v) is 11.0. The van der Waals surface area contributed by atoms with E-state index in [1.54, 1.807) is 6.20 Å². The average Bonchev–Trinajstić information content (AvgIpc) is 2.98. The maximum atomic E-state index is 9.34. The quantitative estimate of drug-likeness (QED) is 0.913.